The zero-order chi connectivity index (χ0) is 21.6. The summed E-state index contributed by atoms with van der Waals surface area (Å²) < 4.78 is 13.0. The highest BCUT2D eigenvalue weighted by atomic mass is 16.7. The Labute approximate surface area is 178 Å². The fourth-order valence-electron chi connectivity index (χ4n) is 3.26. The SMILES string of the molecule is NOC(=O)CCC(=O)OCc1ccc(-c2nn(Cc3ccccc3)c3ccccc23)o1. The van der Waals surface area contributed by atoms with Crippen molar-refractivity contribution in [2.24, 2.45) is 5.90 Å². The molecule has 8 heteroatoms. The highest BCUT2D eigenvalue weighted by Crippen LogP contribution is 2.30. The van der Waals surface area contributed by atoms with Crippen molar-refractivity contribution < 1.29 is 23.6 Å². The number of nitrogens with two attached hydrogens (primary N) is 1. The first-order valence-electron chi connectivity index (χ1n) is 9.78. The summed E-state index contributed by atoms with van der Waals surface area (Å²) in [7, 11) is 0. The Kier molecular flexibility index (Phi) is 6.09. The molecule has 2 aromatic carbocycles. The molecule has 0 radical (unpaired) electrons. The summed E-state index contributed by atoms with van der Waals surface area (Å²) in [4.78, 5) is 26.7. The molecule has 2 aromatic heterocycles. The van der Waals surface area contributed by atoms with E-state index < -0.39 is 11.9 Å². The molecule has 4 aromatic rings. The smallest absolute Gasteiger partial charge is 0.325 e. The number of para-hydroxylation sites is 1. The van der Waals surface area contributed by atoms with E-state index in [9.17, 15) is 9.59 Å². The molecule has 158 valence electrons. The third-order valence-corrected chi connectivity index (χ3v) is 4.77. The fourth-order valence-corrected chi connectivity index (χ4v) is 3.26. The van der Waals surface area contributed by atoms with E-state index in [0.29, 0.717) is 18.1 Å². The van der Waals surface area contributed by atoms with E-state index >= 15 is 0 Å². The van der Waals surface area contributed by atoms with Crippen molar-refractivity contribution in [2.45, 2.75) is 26.0 Å². The van der Waals surface area contributed by atoms with E-state index in [1.165, 1.54) is 0 Å². The van der Waals surface area contributed by atoms with Crippen molar-refractivity contribution >= 4 is 22.8 Å². The lowest BCUT2D eigenvalue weighted by atomic mass is 10.2. The molecule has 2 N–H and O–H groups in total. The number of benzene rings is 2. The van der Waals surface area contributed by atoms with Gasteiger partial charge in [-0.2, -0.15) is 11.0 Å². The predicted octanol–water partition coefficient (Wildman–Crippen LogP) is 3.58. The van der Waals surface area contributed by atoms with Crippen molar-refractivity contribution in [1.82, 2.24) is 9.78 Å². The normalized spacial score (nSPS) is 10.9. The topological polar surface area (TPSA) is 110 Å². The molecule has 0 aliphatic carbocycles. The van der Waals surface area contributed by atoms with Crippen LogP contribution in [0.15, 0.2) is 71.1 Å². The van der Waals surface area contributed by atoms with Gasteiger partial charge in [0.25, 0.3) is 0 Å². The van der Waals surface area contributed by atoms with E-state index in [-0.39, 0.29) is 19.4 Å². The lowest BCUT2D eigenvalue weighted by Gasteiger charge is -2.03. The van der Waals surface area contributed by atoms with Gasteiger partial charge in [0.05, 0.1) is 24.9 Å². The van der Waals surface area contributed by atoms with Crippen LogP contribution in [0.1, 0.15) is 24.2 Å². The first-order chi connectivity index (χ1) is 15.1. The van der Waals surface area contributed by atoms with Gasteiger partial charge >= 0.3 is 11.9 Å². The molecule has 0 fully saturated rings. The Bertz CT molecular complexity index is 1200. The number of carbonyl (C=O) groups excluding carboxylic acids is 2. The van der Waals surface area contributed by atoms with Crippen LogP contribution in [0.25, 0.3) is 22.4 Å². The van der Waals surface area contributed by atoms with Gasteiger partial charge in [0.2, 0.25) is 0 Å². The monoisotopic (exact) mass is 419 g/mol. The highest BCUT2D eigenvalue weighted by Gasteiger charge is 2.16. The Morgan fingerprint density at radius 2 is 1.68 bits per heavy atom. The number of hydrogen-bond acceptors (Lipinski definition) is 7. The average Bonchev–Trinajstić information content (AvgIpc) is 3.42. The predicted molar refractivity (Wildman–Crippen MR) is 112 cm³/mol. The molecule has 0 spiro atoms. The number of furan rings is 1. The number of aromatic nitrogens is 2. The molecule has 0 aliphatic heterocycles. The van der Waals surface area contributed by atoms with Crippen LogP contribution in [0.3, 0.4) is 0 Å². The van der Waals surface area contributed by atoms with E-state index in [0.717, 1.165) is 22.2 Å². The second-order valence-corrected chi connectivity index (χ2v) is 6.93. The second-order valence-electron chi connectivity index (χ2n) is 6.93. The summed E-state index contributed by atoms with van der Waals surface area (Å²) in [5, 5.41) is 5.74. The third-order valence-electron chi connectivity index (χ3n) is 4.77. The summed E-state index contributed by atoms with van der Waals surface area (Å²) in [6, 6.07) is 21.6. The second kappa shape index (κ2) is 9.27. The number of fused-ring (bicyclic) bond motifs is 1. The zero-order valence-electron chi connectivity index (χ0n) is 16.7. The van der Waals surface area contributed by atoms with E-state index in [2.05, 4.69) is 17.0 Å². The molecular weight excluding hydrogens is 398 g/mol. The van der Waals surface area contributed by atoms with Gasteiger partial charge in [-0.1, -0.05) is 48.5 Å². The molecule has 0 atom stereocenters. The minimum Gasteiger partial charge on any atom is -0.457 e. The number of carbonyl (C=O) groups is 2. The molecule has 2 heterocycles. The molecule has 0 aliphatic rings. The maximum absolute atomic E-state index is 11.7. The number of esters is 1. The number of nitrogens with zero attached hydrogens (tertiary/aromatic N) is 2. The van der Waals surface area contributed by atoms with Crippen molar-refractivity contribution in [2.75, 3.05) is 0 Å². The summed E-state index contributed by atoms with van der Waals surface area (Å²) in [5.74, 6) is 4.59. The molecule has 0 saturated heterocycles. The van der Waals surface area contributed by atoms with E-state index in [1.54, 1.807) is 12.1 Å². The molecule has 0 unspecified atom stereocenters. The van der Waals surface area contributed by atoms with Crippen LogP contribution in [0.4, 0.5) is 0 Å². The van der Waals surface area contributed by atoms with Gasteiger partial charge in [-0.05, 0) is 23.8 Å². The van der Waals surface area contributed by atoms with Gasteiger partial charge in [-0.3, -0.25) is 14.3 Å². The maximum atomic E-state index is 11.7. The standard InChI is InChI=1S/C23H21N3O5/c24-31-22(28)13-12-21(27)29-15-17-10-11-20(30-17)23-18-8-4-5-9-19(18)26(25-23)14-16-6-2-1-3-7-16/h1-11H,12-15,24H2. The number of hydrogen-bond donors (Lipinski definition) is 1. The van der Waals surface area contributed by atoms with Crippen LogP contribution in [0.2, 0.25) is 0 Å². The molecule has 4 rings (SSSR count). The molecule has 0 amide bonds. The summed E-state index contributed by atoms with van der Waals surface area (Å²) in [5.41, 5.74) is 2.86. The zero-order valence-corrected chi connectivity index (χ0v) is 16.7. The molecular formula is C23H21N3O5. The van der Waals surface area contributed by atoms with Crippen LogP contribution in [-0.2, 0) is 32.3 Å². The summed E-state index contributed by atoms with van der Waals surface area (Å²) >= 11 is 0. The third kappa shape index (κ3) is 4.81. The van der Waals surface area contributed by atoms with Crippen molar-refractivity contribution in [3.63, 3.8) is 0 Å². The number of rotatable bonds is 8. The Balaban J connectivity index is 1.50. The van der Waals surface area contributed by atoms with Crippen molar-refractivity contribution in [1.29, 1.82) is 0 Å². The first kappa shape index (κ1) is 20.4. The van der Waals surface area contributed by atoms with Gasteiger partial charge in [0, 0.05) is 5.39 Å². The number of ether oxygens (including phenoxy) is 1. The highest BCUT2D eigenvalue weighted by molar-refractivity contribution is 5.92. The van der Waals surface area contributed by atoms with Gasteiger partial charge in [-0.25, -0.2) is 0 Å². The Hall–Kier alpha value is -3.91. The fraction of sp³-hybridized carbons (Fsp3) is 0.174. The van der Waals surface area contributed by atoms with Gasteiger partial charge in [0.1, 0.15) is 18.1 Å². The molecule has 0 bridgehead atoms. The van der Waals surface area contributed by atoms with Gasteiger partial charge < -0.3 is 14.0 Å². The largest absolute Gasteiger partial charge is 0.457 e. The van der Waals surface area contributed by atoms with Crippen LogP contribution in [0.5, 0.6) is 0 Å². The van der Waals surface area contributed by atoms with Crippen molar-refractivity contribution in [3.8, 4) is 11.5 Å². The molecule has 0 saturated carbocycles. The van der Waals surface area contributed by atoms with Crippen LogP contribution < -0.4 is 5.90 Å². The Morgan fingerprint density at radius 1 is 0.935 bits per heavy atom. The van der Waals surface area contributed by atoms with Crippen LogP contribution in [-0.4, -0.2) is 21.7 Å². The minimum atomic E-state index is -0.671. The van der Waals surface area contributed by atoms with Crippen molar-refractivity contribution in [3.05, 3.63) is 78.1 Å². The maximum Gasteiger partial charge on any atom is 0.325 e. The lowest BCUT2D eigenvalue weighted by molar-refractivity contribution is -0.151. The van der Waals surface area contributed by atoms with E-state index in [4.69, 9.17) is 20.1 Å². The average molecular weight is 419 g/mol. The van der Waals surface area contributed by atoms with Gasteiger partial charge in [0.15, 0.2) is 5.76 Å². The first-order valence-corrected chi connectivity index (χ1v) is 9.78. The molecule has 31 heavy (non-hydrogen) atoms. The van der Waals surface area contributed by atoms with Gasteiger partial charge in [-0.15, -0.1) is 0 Å². The molecule has 8 nitrogen and oxygen atoms in total. The summed E-state index contributed by atoms with van der Waals surface area (Å²) in [6.45, 7) is 0.594. The lowest BCUT2D eigenvalue weighted by Crippen LogP contribution is -2.13. The Morgan fingerprint density at radius 3 is 2.48 bits per heavy atom. The quantitative estimate of drug-likeness (QED) is 0.343. The minimum absolute atomic E-state index is 0.0425. The van der Waals surface area contributed by atoms with Crippen LogP contribution in [0, 0.1) is 0 Å². The van der Waals surface area contributed by atoms with E-state index in [1.807, 2.05) is 47.1 Å². The van der Waals surface area contributed by atoms with Crippen LogP contribution >= 0.6 is 0 Å². The summed E-state index contributed by atoms with van der Waals surface area (Å²) in [6.07, 6.45) is -0.248.